The molecule has 1 N–H and O–H groups in total. The van der Waals surface area contributed by atoms with Crippen LogP contribution in [0.25, 0.3) is 0 Å². The Morgan fingerprint density at radius 1 is 1.29 bits per heavy atom. The lowest BCUT2D eigenvalue weighted by atomic mass is 10.0. The van der Waals surface area contributed by atoms with Crippen LogP contribution in [0.2, 0.25) is 0 Å². The molecule has 0 aliphatic heterocycles. The highest BCUT2D eigenvalue weighted by Gasteiger charge is 2.57. The quantitative estimate of drug-likeness (QED) is 0.647. The zero-order valence-corrected chi connectivity index (χ0v) is 8.99. The number of fused-ring (bicyclic) bond motifs is 1. The van der Waals surface area contributed by atoms with Crippen LogP contribution in [-0.2, 0) is 9.53 Å². The molecule has 0 radical (unpaired) electrons. The average Bonchev–Trinajstić information content (AvgIpc) is 2.47. The third-order valence-corrected chi connectivity index (χ3v) is 3.14. The molecule has 80 valence electrons. The summed E-state index contributed by atoms with van der Waals surface area (Å²) in [6, 6.07) is 0. The van der Waals surface area contributed by atoms with Crippen molar-refractivity contribution in [2.24, 2.45) is 17.8 Å². The van der Waals surface area contributed by atoms with Gasteiger partial charge in [-0.1, -0.05) is 0 Å². The molecule has 2 unspecified atom stereocenters. The van der Waals surface area contributed by atoms with Gasteiger partial charge >= 0.3 is 5.97 Å². The average molecular weight is 198 g/mol. The fourth-order valence-electron chi connectivity index (χ4n) is 2.38. The Balaban J connectivity index is 1.84. The Kier molecular flexibility index (Phi) is 2.11. The number of hydrogen-bond acceptors (Lipinski definition) is 3. The van der Waals surface area contributed by atoms with Gasteiger partial charge in [-0.05, 0) is 45.4 Å². The number of rotatable bonds is 1. The SMILES string of the molecule is CC(C)(C)OC(=O)C1CC2C(O)C2C1. The first-order valence-corrected chi connectivity index (χ1v) is 5.29. The van der Waals surface area contributed by atoms with Crippen LogP contribution in [0, 0.1) is 17.8 Å². The van der Waals surface area contributed by atoms with Gasteiger partial charge in [0.1, 0.15) is 5.60 Å². The topological polar surface area (TPSA) is 46.5 Å². The minimum Gasteiger partial charge on any atom is -0.460 e. The van der Waals surface area contributed by atoms with Crippen LogP contribution in [0.5, 0.6) is 0 Å². The number of carbonyl (C=O) groups is 1. The first-order valence-electron chi connectivity index (χ1n) is 5.29. The molecule has 3 nitrogen and oxygen atoms in total. The first-order chi connectivity index (χ1) is 6.38. The van der Waals surface area contributed by atoms with Crippen molar-refractivity contribution in [3.05, 3.63) is 0 Å². The van der Waals surface area contributed by atoms with Gasteiger partial charge in [-0.25, -0.2) is 0 Å². The minimum absolute atomic E-state index is 0.0348. The molecule has 0 heterocycles. The van der Waals surface area contributed by atoms with Gasteiger partial charge in [0, 0.05) is 0 Å². The van der Waals surface area contributed by atoms with Gasteiger partial charge in [0.25, 0.3) is 0 Å². The highest BCUT2D eigenvalue weighted by Crippen LogP contribution is 2.54. The molecular weight excluding hydrogens is 180 g/mol. The van der Waals surface area contributed by atoms with Gasteiger partial charge < -0.3 is 9.84 Å². The third kappa shape index (κ3) is 1.78. The molecule has 0 amide bonds. The second-order valence-electron chi connectivity index (χ2n) is 5.52. The van der Waals surface area contributed by atoms with E-state index in [-0.39, 0.29) is 23.6 Å². The van der Waals surface area contributed by atoms with Gasteiger partial charge in [0.15, 0.2) is 0 Å². The van der Waals surface area contributed by atoms with Crippen molar-refractivity contribution in [1.82, 2.24) is 0 Å². The van der Waals surface area contributed by atoms with Crippen molar-refractivity contribution in [2.75, 3.05) is 0 Å². The monoisotopic (exact) mass is 198 g/mol. The molecule has 0 aromatic heterocycles. The molecule has 2 atom stereocenters. The van der Waals surface area contributed by atoms with E-state index in [4.69, 9.17) is 4.74 Å². The van der Waals surface area contributed by atoms with Crippen molar-refractivity contribution >= 4 is 5.97 Å². The lowest BCUT2D eigenvalue weighted by molar-refractivity contribution is -0.160. The Morgan fingerprint density at radius 3 is 2.21 bits per heavy atom. The molecule has 0 spiro atoms. The zero-order valence-electron chi connectivity index (χ0n) is 8.99. The third-order valence-electron chi connectivity index (χ3n) is 3.14. The van der Waals surface area contributed by atoms with Crippen LogP contribution in [0.4, 0.5) is 0 Å². The van der Waals surface area contributed by atoms with Crippen molar-refractivity contribution < 1.29 is 14.6 Å². The summed E-state index contributed by atoms with van der Waals surface area (Å²) >= 11 is 0. The molecule has 2 rings (SSSR count). The smallest absolute Gasteiger partial charge is 0.309 e. The molecule has 0 bridgehead atoms. The first kappa shape index (κ1) is 9.97. The minimum atomic E-state index is -0.386. The Hall–Kier alpha value is -0.570. The van der Waals surface area contributed by atoms with Crippen LogP contribution >= 0.6 is 0 Å². The lowest BCUT2D eigenvalue weighted by Gasteiger charge is -2.22. The van der Waals surface area contributed by atoms with E-state index >= 15 is 0 Å². The Labute approximate surface area is 84.4 Å². The number of esters is 1. The second-order valence-corrected chi connectivity index (χ2v) is 5.52. The molecule has 3 heteroatoms. The second kappa shape index (κ2) is 2.96. The number of aliphatic hydroxyl groups is 1. The van der Waals surface area contributed by atoms with Crippen LogP contribution in [-0.4, -0.2) is 22.8 Å². The molecule has 2 aliphatic rings. The summed E-state index contributed by atoms with van der Waals surface area (Å²) in [7, 11) is 0. The summed E-state index contributed by atoms with van der Waals surface area (Å²) in [6.07, 6.45) is 1.51. The Morgan fingerprint density at radius 2 is 1.79 bits per heavy atom. The number of ether oxygens (including phenoxy) is 1. The normalized spacial score (nSPS) is 40.6. The van der Waals surface area contributed by atoms with Crippen molar-refractivity contribution in [3.63, 3.8) is 0 Å². The number of hydrogen-bond donors (Lipinski definition) is 1. The maximum Gasteiger partial charge on any atom is 0.309 e. The molecule has 0 aromatic carbocycles. The van der Waals surface area contributed by atoms with E-state index in [0.29, 0.717) is 11.8 Å². The summed E-state index contributed by atoms with van der Waals surface area (Å²) in [5.41, 5.74) is -0.386. The predicted octanol–water partition coefficient (Wildman–Crippen LogP) is 1.34. The molecule has 0 aromatic rings. The van der Waals surface area contributed by atoms with Crippen molar-refractivity contribution in [3.8, 4) is 0 Å². The highest BCUT2D eigenvalue weighted by molar-refractivity contribution is 5.73. The van der Waals surface area contributed by atoms with E-state index < -0.39 is 0 Å². The summed E-state index contributed by atoms with van der Waals surface area (Å²) in [4.78, 5) is 11.6. The van der Waals surface area contributed by atoms with E-state index in [2.05, 4.69) is 0 Å². The van der Waals surface area contributed by atoms with E-state index in [1.54, 1.807) is 0 Å². The zero-order chi connectivity index (χ0) is 10.5. The maximum absolute atomic E-state index is 11.6. The fourth-order valence-corrected chi connectivity index (χ4v) is 2.38. The summed E-state index contributed by atoms with van der Waals surface area (Å²) in [6.45, 7) is 5.65. The Bertz CT molecular complexity index is 242. The highest BCUT2D eigenvalue weighted by atomic mass is 16.6. The molecular formula is C11H18O3. The van der Waals surface area contributed by atoms with Gasteiger partial charge in [-0.15, -0.1) is 0 Å². The lowest BCUT2D eigenvalue weighted by Crippen LogP contribution is -2.28. The van der Waals surface area contributed by atoms with E-state index in [9.17, 15) is 9.90 Å². The predicted molar refractivity (Wildman–Crippen MR) is 51.6 cm³/mol. The molecule has 14 heavy (non-hydrogen) atoms. The van der Waals surface area contributed by atoms with Crippen LogP contribution in [0.1, 0.15) is 33.6 Å². The summed E-state index contributed by atoms with van der Waals surface area (Å²) in [5, 5.41) is 9.33. The summed E-state index contributed by atoms with van der Waals surface area (Å²) in [5.74, 6) is 0.713. The van der Waals surface area contributed by atoms with Gasteiger partial charge in [-0.3, -0.25) is 4.79 Å². The van der Waals surface area contributed by atoms with E-state index in [0.717, 1.165) is 12.8 Å². The van der Waals surface area contributed by atoms with Crippen LogP contribution in [0.15, 0.2) is 0 Å². The van der Waals surface area contributed by atoms with Crippen LogP contribution in [0.3, 0.4) is 0 Å². The summed E-state index contributed by atoms with van der Waals surface area (Å²) < 4.78 is 5.31. The van der Waals surface area contributed by atoms with Gasteiger partial charge in [0.2, 0.25) is 0 Å². The number of aliphatic hydroxyl groups excluding tert-OH is 1. The maximum atomic E-state index is 11.6. The van der Waals surface area contributed by atoms with E-state index in [1.807, 2.05) is 20.8 Å². The van der Waals surface area contributed by atoms with Crippen LogP contribution < -0.4 is 0 Å². The molecule has 2 saturated carbocycles. The van der Waals surface area contributed by atoms with E-state index in [1.165, 1.54) is 0 Å². The fraction of sp³-hybridized carbons (Fsp3) is 0.909. The van der Waals surface area contributed by atoms with Gasteiger partial charge in [0.05, 0.1) is 12.0 Å². The number of carbonyl (C=O) groups excluding carboxylic acids is 1. The van der Waals surface area contributed by atoms with Crippen molar-refractivity contribution in [2.45, 2.75) is 45.3 Å². The molecule has 2 aliphatic carbocycles. The van der Waals surface area contributed by atoms with Crippen molar-refractivity contribution in [1.29, 1.82) is 0 Å². The largest absolute Gasteiger partial charge is 0.460 e. The molecule has 0 saturated heterocycles. The standard InChI is InChI=1S/C11H18O3/c1-11(2,3)14-10(13)6-4-7-8(5-6)9(7)12/h6-9,12H,4-5H2,1-3H3. The van der Waals surface area contributed by atoms with Gasteiger partial charge in [-0.2, -0.15) is 0 Å². The molecule has 2 fully saturated rings.